The summed E-state index contributed by atoms with van der Waals surface area (Å²) in [5.41, 5.74) is 0.380. The molecule has 0 saturated heterocycles. The van der Waals surface area contributed by atoms with E-state index in [1.54, 1.807) is 6.92 Å². The first-order valence-corrected chi connectivity index (χ1v) is 6.06. The number of rotatable bonds is 6. The highest BCUT2D eigenvalue weighted by Crippen LogP contribution is 2.17. The van der Waals surface area contributed by atoms with E-state index in [4.69, 9.17) is 16.3 Å². The maximum atomic E-state index is 13.4. The van der Waals surface area contributed by atoms with Crippen LogP contribution in [-0.2, 0) is 4.74 Å². The van der Waals surface area contributed by atoms with E-state index in [1.807, 2.05) is 0 Å². The number of carbonyl (C=O) groups excluding carboxylic acids is 1. The minimum atomic E-state index is -0.780. The summed E-state index contributed by atoms with van der Waals surface area (Å²) in [4.78, 5) is 11.5. The van der Waals surface area contributed by atoms with Crippen molar-refractivity contribution in [2.75, 3.05) is 24.3 Å². The van der Waals surface area contributed by atoms with E-state index in [-0.39, 0.29) is 30.3 Å². The average molecular weight is 276 g/mol. The number of hydrogen-bond donors (Lipinski definition) is 2. The van der Waals surface area contributed by atoms with Crippen molar-refractivity contribution in [2.24, 2.45) is 0 Å². The van der Waals surface area contributed by atoms with E-state index in [0.29, 0.717) is 0 Å². The topological polar surface area (TPSA) is 58.6 Å². The van der Waals surface area contributed by atoms with Crippen LogP contribution in [0.15, 0.2) is 18.2 Å². The van der Waals surface area contributed by atoms with Crippen LogP contribution in [-0.4, -0.2) is 36.2 Å². The highest BCUT2D eigenvalue weighted by molar-refractivity contribution is 6.18. The second-order valence-corrected chi connectivity index (χ2v) is 3.91. The van der Waals surface area contributed by atoms with Crippen LogP contribution in [0.3, 0.4) is 0 Å². The van der Waals surface area contributed by atoms with Gasteiger partial charge in [0.05, 0.1) is 29.8 Å². The van der Waals surface area contributed by atoms with Crippen molar-refractivity contribution < 1.29 is 19.0 Å². The fraction of sp³-hybridized carbons (Fsp3) is 0.417. The van der Waals surface area contributed by atoms with Crippen molar-refractivity contribution in [3.8, 4) is 0 Å². The first-order chi connectivity index (χ1) is 8.58. The van der Waals surface area contributed by atoms with Crippen molar-refractivity contribution in [3.63, 3.8) is 0 Å². The number of nitrogens with one attached hydrogen (secondary N) is 1. The maximum Gasteiger partial charge on any atom is 0.338 e. The van der Waals surface area contributed by atoms with Crippen molar-refractivity contribution in [1.29, 1.82) is 0 Å². The number of carbonyl (C=O) groups is 1. The Bertz CT molecular complexity index is 414. The third-order valence-electron chi connectivity index (χ3n) is 2.18. The molecule has 0 fully saturated rings. The van der Waals surface area contributed by atoms with Crippen LogP contribution in [0.5, 0.6) is 0 Å². The van der Waals surface area contributed by atoms with Crippen molar-refractivity contribution in [3.05, 3.63) is 29.6 Å². The highest BCUT2D eigenvalue weighted by Gasteiger charge is 2.11. The Morgan fingerprint density at radius 1 is 1.61 bits per heavy atom. The normalized spacial score (nSPS) is 12.0. The first-order valence-electron chi connectivity index (χ1n) is 5.53. The zero-order valence-corrected chi connectivity index (χ0v) is 10.7. The molecule has 0 amide bonds. The summed E-state index contributed by atoms with van der Waals surface area (Å²) in [6.07, 6.45) is -0.780. The third kappa shape index (κ3) is 4.16. The predicted octanol–water partition coefficient (Wildman–Crippen LogP) is 2.01. The quantitative estimate of drug-likeness (QED) is 0.616. The summed E-state index contributed by atoms with van der Waals surface area (Å²) in [6.45, 7) is 2.05. The molecule has 0 aliphatic rings. The average Bonchev–Trinajstić information content (AvgIpc) is 2.37. The van der Waals surface area contributed by atoms with Gasteiger partial charge in [0, 0.05) is 6.54 Å². The van der Waals surface area contributed by atoms with Crippen molar-refractivity contribution in [2.45, 2.75) is 13.0 Å². The van der Waals surface area contributed by atoms with Crippen LogP contribution in [0.4, 0.5) is 10.1 Å². The number of benzene rings is 1. The van der Waals surface area contributed by atoms with Gasteiger partial charge in [0.1, 0.15) is 5.82 Å². The maximum absolute atomic E-state index is 13.4. The van der Waals surface area contributed by atoms with Gasteiger partial charge in [0.15, 0.2) is 0 Å². The van der Waals surface area contributed by atoms with Gasteiger partial charge in [-0.15, -0.1) is 11.6 Å². The Morgan fingerprint density at radius 2 is 2.33 bits per heavy atom. The number of alkyl halides is 1. The number of hydrogen-bond acceptors (Lipinski definition) is 4. The van der Waals surface area contributed by atoms with Gasteiger partial charge in [0.2, 0.25) is 0 Å². The number of ether oxygens (including phenoxy) is 1. The second-order valence-electron chi connectivity index (χ2n) is 3.60. The molecule has 0 radical (unpaired) electrons. The molecule has 0 aromatic heterocycles. The van der Waals surface area contributed by atoms with E-state index in [1.165, 1.54) is 18.2 Å². The smallest absolute Gasteiger partial charge is 0.338 e. The van der Waals surface area contributed by atoms with Crippen molar-refractivity contribution in [1.82, 2.24) is 0 Å². The molecule has 4 nitrogen and oxygen atoms in total. The molecular formula is C12H15ClFNO3. The largest absolute Gasteiger partial charge is 0.462 e. The molecule has 0 aliphatic heterocycles. The molecule has 0 spiro atoms. The molecule has 6 heteroatoms. The molecule has 0 bridgehead atoms. The van der Waals surface area contributed by atoms with E-state index in [2.05, 4.69) is 5.32 Å². The van der Waals surface area contributed by atoms with E-state index in [9.17, 15) is 14.3 Å². The van der Waals surface area contributed by atoms with Gasteiger partial charge in [0.25, 0.3) is 0 Å². The van der Waals surface area contributed by atoms with Crippen molar-refractivity contribution >= 4 is 23.3 Å². The lowest BCUT2D eigenvalue weighted by atomic mass is 10.2. The predicted molar refractivity (Wildman–Crippen MR) is 67.6 cm³/mol. The minimum absolute atomic E-state index is 0.0478. The molecule has 1 atom stereocenters. The van der Waals surface area contributed by atoms with Gasteiger partial charge < -0.3 is 15.2 Å². The molecule has 2 N–H and O–H groups in total. The third-order valence-corrected chi connectivity index (χ3v) is 2.54. The number of esters is 1. The summed E-state index contributed by atoms with van der Waals surface area (Å²) < 4.78 is 18.3. The summed E-state index contributed by atoms with van der Waals surface area (Å²) >= 11 is 5.42. The Morgan fingerprint density at radius 3 is 2.94 bits per heavy atom. The highest BCUT2D eigenvalue weighted by atomic mass is 35.5. The molecule has 1 rings (SSSR count). The Kier molecular flexibility index (Phi) is 5.88. The van der Waals surface area contributed by atoms with E-state index in [0.717, 1.165) is 0 Å². The Hall–Kier alpha value is -1.33. The molecule has 0 saturated carbocycles. The first kappa shape index (κ1) is 14.7. The fourth-order valence-corrected chi connectivity index (χ4v) is 1.39. The van der Waals surface area contributed by atoms with Gasteiger partial charge in [-0.2, -0.15) is 0 Å². The lowest BCUT2D eigenvalue weighted by Gasteiger charge is -2.11. The zero-order valence-electron chi connectivity index (χ0n) is 9.95. The second kappa shape index (κ2) is 7.18. The summed E-state index contributed by atoms with van der Waals surface area (Å²) in [6, 6.07) is 3.85. The van der Waals surface area contributed by atoms with Gasteiger partial charge >= 0.3 is 5.97 Å². The SMILES string of the molecule is CCOC(=O)c1ccc(F)c(NCC(O)CCl)c1. The standard InChI is InChI=1S/C12H15ClFNO3/c1-2-18-12(17)8-3-4-10(14)11(5-8)15-7-9(16)6-13/h3-5,9,15-16H,2,6-7H2,1H3. The lowest BCUT2D eigenvalue weighted by molar-refractivity contribution is 0.0526. The van der Waals surface area contributed by atoms with Crippen LogP contribution in [0.2, 0.25) is 0 Å². The van der Waals surface area contributed by atoms with Gasteiger partial charge in [-0.3, -0.25) is 0 Å². The van der Waals surface area contributed by atoms with Gasteiger partial charge in [-0.05, 0) is 25.1 Å². The number of aliphatic hydroxyl groups is 1. The zero-order chi connectivity index (χ0) is 13.5. The molecule has 1 aromatic carbocycles. The molecular weight excluding hydrogens is 261 g/mol. The van der Waals surface area contributed by atoms with Crippen LogP contribution in [0, 0.1) is 5.82 Å². The van der Waals surface area contributed by atoms with E-state index < -0.39 is 17.9 Å². The van der Waals surface area contributed by atoms with Gasteiger partial charge in [-0.25, -0.2) is 9.18 Å². The van der Waals surface area contributed by atoms with Crippen LogP contribution in [0.25, 0.3) is 0 Å². The molecule has 0 aliphatic carbocycles. The van der Waals surface area contributed by atoms with Crippen LogP contribution >= 0.6 is 11.6 Å². The molecule has 1 unspecified atom stereocenters. The van der Waals surface area contributed by atoms with Crippen LogP contribution in [0.1, 0.15) is 17.3 Å². The summed E-state index contributed by atoms with van der Waals surface area (Å²) in [5.74, 6) is -0.977. The fourth-order valence-electron chi connectivity index (χ4n) is 1.28. The lowest BCUT2D eigenvalue weighted by Crippen LogP contribution is -2.21. The molecule has 18 heavy (non-hydrogen) atoms. The minimum Gasteiger partial charge on any atom is -0.462 e. The Balaban J connectivity index is 2.78. The number of anilines is 1. The number of halogens is 2. The summed E-state index contributed by atoms with van der Waals surface area (Å²) in [5, 5.41) is 11.9. The van der Waals surface area contributed by atoms with Gasteiger partial charge in [-0.1, -0.05) is 0 Å². The monoisotopic (exact) mass is 275 g/mol. The van der Waals surface area contributed by atoms with E-state index >= 15 is 0 Å². The summed E-state index contributed by atoms with van der Waals surface area (Å²) in [7, 11) is 0. The van der Waals surface area contributed by atoms with Crippen LogP contribution < -0.4 is 5.32 Å². The molecule has 100 valence electrons. The number of aliphatic hydroxyl groups excluding tert-OH is 1. The molecule has 0 heterocycles. The molecule has 1 aromatic rings. The Labute approximate surface area is 110 Å².